The van der Waals surface area contributed by atoms with Crippen molar-refractivity contribution < 1.29 is 14.4 Å². The second kappa shape index (κ2) is 8.35. The summed E-state index contributed by atoms with van der Waals surface area (Å²) in [4.78, 5) is 40.8. The Kier molecular flexibility index (Phi) is 5.76. The van der Waals surface area contributed by atoms with Gasteiger partial charge in [-0.05, 0) is 79.4 Å². The first-order valence-electron chi connectivity index (χ1n) is 10.5. The lowest BCUT2D eigenvalue weighted by atomic mass is 9.62. The Morgan fingerprint density at radius 2 is 1.74 bits per heavy atom. The van der Waals surface area contributed by atoms with Crippen molar-refractivity contribution in [2.24, 2.45) is 5.41 Å². The number of hydrogen-bond donors (Lipinski definition) is 0. The molecule has 0 N–H and O–H groups in total. The third kappa shape index (κ3) is 4.05. The van der Waals surface area contributed by atoms with E-state index in [-0.39, 0.29) is 22.9 Å². The van der Waals surface area contributed by atoms with E-state index in [0.717, 1.165) is 33.8 Å². The summed E-state index contributed by atoms with van der Waals surface area (Å²) < 4.78 is 3.76. The van der Waals surface area contributed by atoms with Crippen molar-refractivity contribution in [2.75, 3.05) is 13.1 Å². The van der Waals surface area contributed by atoms with E-state index in [1.54, 1.807) is 17.2 Å². The van der Waals surface area contributed by atoms with Gasteiger partial charge in [0.25, 0.3) is 5.91 Å². The second-order valence-corrected chi connectivity index (χ2v) is 9.31. The third-order valence-electron chi connectivity index (χ3n) is 6.58. The summed E-state index contributed by atoms with van der Waals surface area (Å²) >= 11 is 1.15. The number of nitrogens with zero attached hydrogens (tertiary/aromatic N) is 3. The minimum Gasteiger partial charge on any atom is -0.337 e. The molecule has 2 aliphatic rings. The molecule has 2 heterocycles. The molecular formula is C24H25N3O3S. The standard InChI is InChI=1S/C24H25N3O3S/c1-4-5-17-10-15(2)21(16(3)11-17)22-19(28)12-24(13-20(22)29)6-8-27(9-7-24)23(30)18-14-31-26-25-18/h10-11,14,22H,6-9,12-13H2,1-3H3. The average Bonchev–Trinajstić information content (AvgIpc) is 3.25. The topological polar surface area (TPSA) is 80.2 Å². The largest absolute Gasteiger partial charge is 0.337 e. The summed E-state index contributed by atoms with van der Waals surface area (Å²) in [6.45, 7) is 6.75. The van der Waals surface area contributed by atoms with Crippen molar-refractivity contribution in [1.29, 1.82) is 0 Å². The highest BCUT2D eigenvalue weighted by atomic mass is 32.1. The van der Waals surface area contributed by atoms with Crippen LogP contribution in [0, 0.1) is 31.1 Å². The van der Waals surface area contributed by atoms with Gasteiger partial charge in [0.1, 0.15) is 17.5 Å². The summed E-state index contributed by atoms with van der Waals surface area (Å²) in [6.07, 6.45) is 2.09. The lowest BCUT2D eigenvalue weighted by Gasteiger charge is -2.44. The molecule has 2 aromatic rings. The molecule has 0 atom stereocenters. The predicted octanol–water partition coefficient (Wildman–Crippen LogP) is 3.46. The van der Waals surface area contributed by atoms with Crippen molar-refractivity contribution in [1.82, 2.24) is 14.5 Å². The molecule has 1 aliphatic carbocycles. The van der Waals surface area contributed by atoms with E-state index in [1.807, 2.05) is 26.0 Å². The molecule has 31 heavy (non-hydrogen) atoms. The third-order valence-corrected chi connectivity index (χ3v) is 7.09. The number of ketones is 2. The molecule has 1 aromatic carbocycles. The number of piperidine rings is 1. The van der Waals surface area contributed by atoms with Crippen molar-refractivity contribution >= 4 is 29.0 Å². The number of Topliss-reactive ketones (excluding diaryl/α,β-unsaturated/α-hetero) is 2. The van der Waals surface area contributed by atoms with Crippen molar-refractivity contribution in [2.45, 2.75) is 52.4 Å². The van der Waals surface area contributed by atoms with Crippen molar-refractivity contribution in [3.05, 3.63) is 45.5 Å². The number of likely N-dealkylation sites (tertiary alicyclic amines) is 1. The Balaban J connectivity index is 1.50. The van der Waals surface area contributed by atoms with Gasteiger partial charge >= 0.3 is 0 Å². The van der Waals surface area contributed by atoms with Gasteiger partial charge in [0.2, 0.25) is 0 Å². The SMILES string of the molecule is CC#Cc1cc(C)c(C2C(=O)CC3(CCN(C(=O)c4csnn4)CC3)CC2=O)c(C)c1. The lowest BCUT2D eigenvalue weighted by molar-refractivity contribution is -0.138. The minimum atomic E-state index is -0.685. The van der Waals surface area contributed by atoms with Gasteiger partial charge in [0, 0.05) is 36.9 Å². The van der Waals surface area contributed by atoms with E-state index < -0.39 is 5.92 Å². The molecule has 0 radical (unpaired) electrons. The smallest absolute Gasteiger partial charge is 0.275 e. The van der Waals surface area contributed by atoms with E-state index >= 15 is 0 Å². The van der Waals surface area contributed by atoms with Crippen LogP contribution in [-0.2, 0) is 9.59 Å². The quantitative estimate of drug-likeness (QED) is 0.533. The number of aromatic nitrogens is 2. The van der Waals surface area contributed by atoms with Gasteiger partial charge in [0.15, 0.2) is 5.69 Å². The summed E-state index contributed by atoms with van der Waals surface area (Å²) in [5.74, 6) is 5.13. The van der Waals surface area contributed by atoms with Gasteiger partial charge in [-0.2, -0.15) is 0 Å². The number of carbonyl (C=O) groups excluding carboxylic acids is 3. The van der Waals surface area contributed by atoms with E-state index in [1.165, 1.54) is 0 Å². The van der Waals surface area contributed by atoms with Gasteiger partial charge in [-0.1, -0.05) is 10.4 Å². The molecule has 1 spiro atoms. The summed E-state index contributed by atoms with van der Waals surface area (Å²) in [5.41, 5.74) is 3.65. The van der Waals surface area contributed by atoms with Crippen LogP contribution in [0.15, 0.2) is 17.5 Å². The highest BCUT2D eigenvalue weighted by Gasteiger charge is 2.48. The minimum absolute atomic E-state index is 0.000235. The molecule has 4 rings (SSSR count). The van der Waals surface area contributed by atoms with Crippen LogP contribution in [-0.4, -0.2) is 45.1 Å². The normalized spacial score (nSPS) is 18.7. The van der Waals surface area contributed by atoms with E-state index in [0.29, 0.717) is 44.5 Å². The maximum Gasteiger partial charge on any atom is 0.275 e. The monoisotopic (exact) mass is 435 g/mol. The zero-order chi connectivity index (χ0) is 22.2. The zero-order valence-corrected chi connectivity index (χ0v) is 18.8. The van der Waals surface area contributed by atoms with Gasteiger partial charge in [-0.15, -0.1) is 11.0 Å². The summed E-state index contributed by atoms with van der Waals surface area (Å²) in [7, 11) is 0. The van der Waals surface area contributed by atoms with Gasteiger partial charge in [-0.3, -0.25) is 14.4 Å². The van der Waals surface area contributed by atoms with Gasteiger partial charge < -0.3 is 4.90 Å². The Hall–Kier alpha value is -2.85. The number of amides is 1. The fourth-order valence-electron chi connectivity index (χ4n) is 5.11. The number of carbonyl (C=O) groups is 3. The number of rotatable bonds is 2. The van der Waals surface area contributed by atoms with E-state index in [2.05, 4.69) is 21.4 Å². The van der Waals surface area contributed by atoms with Crippen molar-refractivity contribution in [3.8, 4) is 11.8 Å². The number of aryl methyl sites for hydroxylation is 2. The summed E-state index contributed by atoms with van der Waals surface area (Å²) in [5, 5.41) is 5.50. The van der Waals surface area contributed by atoms with Crippen LogP contribution in [0.3, 0.4) is 0 Å². The number of benzene rings is 1. The highest BCUT2D eigenvalue weighted by Crippen LogP contribution is 2.46. The molecule has 1 amide bonds. The molecule has 1 saturated carbocycles. The van der Waals surface area contributed by atoms with Crippen LogP contribution < -0.4 is 0 Å². The van der Waals surface area contributed by atoms with E-state index in [4.69, 9.17) is 0 Å². The Bertz CT molecular complexity index is 1060. The molecule has 0 unspecified atom stereocenters. The first kappa shape index (κ1) is 21.4. The molecule has 7 heteroatoms. The lowest BCUT2D eigenvalue weighted by Crippen LogP contribution is -2.48. The molecule has 1 aliphatic heterocycles. The molecule has 2 fully saturated rings. The Labute approximate surface area is 186 Å². The van der Waals surface area contributed by atoms with Gasteiger partial charge in [0.05, 0.1) is 0 Å². The molecule has 160 valence electrons. The van der Waals surface area contributed by atoms with E-state index in [9.17, 15) is 14.4 Å². The van der Waals surface area contributed by atoms with Crippen LogP contribution in [0.2, 0.25) is 0 Å². The molecular weight excluding hydrogens is 410 g/mol. The predicted molar refractivity (Wildman–Crippen MR) is 118 cm³/mol. The first-order chi connectivity index (χ1) is 14.8. The number of hydrogen-bond acceptors (Lipinski definition) is 6. The second-order valence-electron chi connectivity index (χ2n) is 8.70. The maximum atomic E-state index is 13.2. The fourth-order valence-corrected chi connectivity index (χ4v) is 5.54. The maximum absolute atomic E-state index is 13.2. The zero-order valence-electron chi connectivity index (χ0n) is 18.0. The van der Waals surface area contributed by atoms with Crippen LogP contribution in [0.4, 0.5) is 0 Å². The fraction of sp³-hybridized carbons (Fsp3) is 0.458. The Morgan fingerprint density at radius 3 is 2.26 bits per heavy atom. The van der Waals surface area contributed by atoms with Gasteiger partial charge in [-0.25, -0.2) is 0 Å². The van der Waals surface area contributed by atoms with Crippen molar-refractivity contribution in [3.63, 3.8) is 0 Å². The molecule has 1 saturated heterocycles. The molecule has 1 aromatic heterocycles. The van der Waals surface area contributed by atoms with Crippen LogP contribution in [0.1, 0.15) is 71.3 Å². The molecule has 0 bridgehead atoms. The molecule has 6 nitrogen and oxygen atoms in total. The Morgan fingerprint density at radius 1 is 1.13 bits per heavy atom. The van der Waals surface area contributed by atoms with Crippen LogP contribution >= 0.6 is 11.5 Å². The first-order valence-corrected chi connectivity index (χ1v) is 11.3. The highest BCUT2D eigenvalue weighted by molar-refractivity contribution is 7.03. The summed E-state index contributed by atoms with van der Waals surface area (Å²) in [6, 6.07) is 3.92. The van der Waals surface area contributed by atoms with Crippen LogP contribution in [0.5, 0.6) is 0 Å². The average molecular weight is 436 g/mol. The van der Waals surface area contributed by atoms with Crippen LogP contribution in [0.25, 0.3) is 0 Å².